The summed E-state index contributed by atoms with van der Waals surface area (Å²) < 4.78 is 3.98. The van der Waals surface area contributed by atoms with Crippen LogP contribution < -0.4 is 5.56 Å². The summed E-state index contributed by atoms with van der Waals surface area (Å²) >= 11 is 1.77. The zero-order valence-electron chi connectivity index (χ0n) is 13.4. The maximum absolute atomic E-state index is 11.9. The predicted molar refractivity (Wildman–Crippen MR) is 94.8 cm³/mol. The van der Waals surface area contributed by atoms with Crippen molar-refractivity contribution in [2.75, 3.05) is 6.26 Å². The van der Waals surface area contributed by atoms with Crippen LogP contribution in [0.5, 0.6) is 0 Å². The number of rotatable bonds is 3. The molecule has 0 amide bonds. The first-order valence-electron chi connectivity index (χ1n) is 7.40. The minimum absolute atomic E-state index is 0.0627. The number of aryl methyl sites for hydroxylation is 3. The Balaban J connectivity index is 2.34. The molecule has 0 aliphatic heterocycles. The van der Waals surface area contributed by atoms with Crippen molar-refractivity contribution in [3.8, 4) is 11.3 Å². The number of fused-ring (bicyclic) bond motifs is 1. The SMILES string of the molecule is CCn1c(-c2cc(C)c(=O)n(C)c2)cc2c(SC)cccc21. The molecule has 3 aromatic rings. The average Bonchev–Trinajstić information content (AvgIpc) is 2.90. The molecule has 0 aliphatic rings. The Bertz CT molecular complexity index is 879. The van der Waals surface area contributed by atoms with Crippen molar-refractivity contribution < 1.29 is 0 Å². The molecule has 0 aliphatic carbocycles. The molecule has 2 heterocycles. The first-order chi connectivity index (χ1) is 10.6. The summed E-state index contributed by atoms with van der Waals surface area (Å²) in [5.41, 5.74) is 4.34. The van der Waals surface area contributed by atoms with Crippen LogP contribution in [0.25, 0.3) is 22.2 Å². The lowest BCUT2D eigenvalue weighted by atomic mass is 10.1. The van der Waals surface area contributed by atoms with Crippen LogP contribution in [0.1, 0.15) is 12.5 Å². The van der Waals surface area contributed by atoms with Crippen molar-refractivity contribution in [1.82, 2.24) is 9.13 Å². The lowest BCUT2D eigenvalue weighted by Crippen LogP contribution is -2.18. The molecule has 1 aromatic carbocycles. The van der Waals surface area contributed by atoms with Gasteiger partial charge >= 0.3 is 0 Å². The van der Waals surface area contributed by atoms with Gasteiger partial charge in [-0.1, -0.05) is 6.07 Å². The Hall–Kier alpha value is -1.94. The molecule has 3 rings (SSSR count). The van der Waals surface area contributed by atoms with Gasteiger partial charge in [0.05, 0.1) is 5.69 Å². The van der Waals surface area contributed by atoms with Gasteiger partial charge < -0.3 is 9.13 Å². The normalized spacial score (nSPS) is 11.3. The lowest BCUT2D eigenvalue weighted by Gasteiger charge is -2.10. The molecular formula is C18H20N2OS. The van der Waals surface area contributed by atoms with Gasteiger partial charge in [-0.25, -0.2) is 0 Å². The van der Waals surface area contributed by atoms with E-state index in [1.807, 2.05) is 26.2 Å². The first kappa shape index (κ1) is 15.0. The summed E-state index contributed by atoms with van der Waals surface area (Å²) in [7, 11) is 1.81. The maximum atomic E-state index is 11.9. The number of nitrogens with zero attached hydrogens (tertiary/aromatic N) is 2. The summed E-state index contributed by atoms with van der Waals surface area (Å²) in [6.07, 6.45) is 4.03. The van der Waals surface area contributed by atoms with E-state index >= 15 is 0 Å². The van der Waals surface area contributed by atoms with E-state index in [0.29, 0.717) is 0 Å². The van der Waals surface area contributed by atoms with Gasteiger partial charge in [0.15, 0.2) is 0 Å². The van der Waals surface area contributed by atoms with Crippen molar-refractivity contribution in [2.24, 2.45) is 7.05 Å². The molecular weight excluding hydrogens is 292 g/mol. The lowest BCUT2D eigenvalue weighted by molar-refractivity contribution is 0.798. The number of pyridine rings is 1. The molecule has 4 heteroatoms. The number of benzene rings is 1. The average molecular weight is 312 g/mol. The predicted octanol–water partition coefficient (Wildman–Crippen LogP) is 4.06. The van der Waals surface area contributed by atoms with Crippen LogP contribution in [0.15, 0.2) is 46.2 Å². The van der Waals surface area contributed by atoms with Crippen molar-refractivity contribution in [2.45, 2.75) is 25.3 Å². The van der Waals surface area contributed by atoms with Crippen molar-refractivity contribution in [3.63, 3.8) is 0 Å². The summed E-state index contributed by atoms with van der Waals surface area (Å²) in [5, 5.41) is 1.28. The minimum Gasteiger partial charge on any atom is -0.341 e. The highest BCUT2D eigenvalue weighted by molar-refractivity contribution is 7.98. The zero-order chi connectivity index (χ0) is 15.9. The van der Waals surface area contributed by atoms with Gasteiger partial charge in [0, 0.05) is 46.7 Å². The second-order valence-electron chi connectivity index (χ2n) is 5.49. The fourth-order valence-corrected chi connectivity index (χ4v) is 3.63. The molecule has 0 unspecified atom stereocenters. The third-order valence-corrected chi connectivity index (χ3v) is 4.90. The van der Waals surface area contributed by atoms with Gasteiger partial charge in [-0.3, -0.25) is 4.79 Å². The zero-order valence-corrected chi connectivity index (χ0v) is 14.2. The standard InChI is InChI=1S/C18H20N2OS/c1-5-20-15-7-6-8-17(22-4)14(15)10-16(20)13-9-12(2)18(21)19(3)11-13/h6-11H,5H2,1-4H3. The Morgan fingerprint density at radius 2 is 2.00 bits per heavy atom. The number of thioether (sulfide) groups is 1. The molecule has 0 spiro atoms. The van der Waals surface area contributed by atoms with Crippen LogP contribution in [-0.2, 0) is 13.6 Å². The minimum atomic E-state index is 0.0627. The number of aromatic nitrogens is 2. The molecule has 0 atom stereocenters. The molecule has 0 fully saturated rings. The monoisotopic (exact) mass is 312 g/mol. The fraction of sp³-hybridized carbons (Fsp3) is 0.278. The Labute approximate surface area is 134 Å². The second-order valence-corrected chi connectivity index (χ2v) is 6.34. The van der Waals surface area contributed by atoms with E-state index in [9.17, 15) is 4.79 Å². The molecule has 0 radical (unpaired) electrons. The highest BCUT2D eigenvalue weighted by atomic mass is 32.2. The summed E-state index contributed by atoms with van der Waals surface area (Å²) in [6.45, 7) is 4.93. The quantitative estimate of drug-likeness (QED) is 0.682. The molecule has 0 bridgehead atoms. The molecule has 114 valence electrons. The topological polar surface area (TPSA) is 26.9 Å². The number of hydrogen-bond acceptors (Lipinski definition) is 2. The fourth-order valence-electron chi connectivity index (χ4n) is 3.03. The first-order valence-corrected chi connectivity index (χ1v) is 8.63. The van der Waals surface area contributed by atoms with Gasteiger partial charge in [-0.2, -0.15) is 0 Å². The Kier molecular flexibility index (Phi) is 3.87. The molecule has 0 saturated carbocycles. The third kappa shape index (κ3) is 2.28. The van der Waals surface area contributed by atoms with Gasteiger partial charge in [-0.15, -0.1) is 11.8 Å². The van der Waals surface area contributed by atoms with Crippen LogP contribution in [0.4, 0.5) is 0 Å². The van der Waals surface area contributed by atoms with Crippen LogP contribution in [0.3, 0.4) is 0 Å². The smallest absolute Gasteiger partial charge is 0.253 e. The van der Waals surface area contributed by atoms with Gasteiger partial charge in [0.25, 0.3) is 5.56 Å². The molecule has 0 saturated heterocycles. The van der Waals surface area contributed by atoms with Crippen LogP contribution in [0, 0.1) is 6.92 Å². The van der Waals surface area contributed by atoms with Gasteiger partial charge in [-0.05, 0) is 44.4 Å². The van der Waals surface area contributed by atoms with E-state index < -0.39 is 0 Å². The molecule has 0 N–H and O–H groups in total. The highest BCUT2D eigenvalue weighted by Gasteiger charge is 2.13. The van der Waals surface area contributed by atoms with E-state index in [4.69, 9.17) is 0 Å². The van der Waals surface area contributed by atoms with Crippen LogP contribution in [0.2, 0.25) is 0 Å². The third-order valence-electron chi connectivity index (χ3n) is 4.10. The van der Waals surface area contributed by atoms with Crippen molar-refractivity contribution in [1.29, 1.82) is 0 Å². The van der Waals surface area contributed by atoms with E-state index in [0.717, 1.165) is 23.4 Å². The van der Waals surface area contributed by atoms with Crippen LogP contribution in [-0.4, -0.2) is 15.4 Å². The summed E-state index contributed by atoms with van der Waals surface area (Å²) in [5.74, 6) is 0. The van der Waals surface area contributed by atoms with E-state index in [1.54, 1.807) is 16.3 Å². The second kappa shape index (κ2) is 5.69. The summed E-state index contributed by atoms with van der Waals surface area (Å²) in [6, 6.07) is 10.7. The highest BCUT2D eigenvalue weighted by Crippen LogP contribution is 2.33. The van der Waals surface area contributed by atoms with Crippen LogP contribution >= 0.6 is 11.8 Å². The van der Waals surface area contributed by atoms with Crippen molar-refractivity contribution in [3.05, 3.63) is 52.4 Å². The number of hydrogen-bond donors (Lipinski definition) is 0. The maximum Gasteiger partial charge on any atom is 0.253 e. The van der Waals surface area contributed by atoms with E-state index in [1.165, 1.54) is 15.8 Å². The van der Waals surface area contributed by atoms with E-state index in [2.05, 4.69) is 42.0 Å². The van der Waals surface area contributed by atoms with Gasteiger partial charge in [0.1, 0.15) is 0 Å². The Morgan fingerprint density at radius 3 is 2.64 bits per heavy atom. The van der Waals surface area contributed by atoms with Gasteiger partial charge in [0.2, 0.25) is 0 Å². The molecule has 2 aromatic heterocycles. The molecule has 22 heavy (non-hydrogen) atoms. The van der Waals surface area contributed by atoms with Crippen molar-refractivity contribution >= 4 is 22.7 Å². The van der Waals surface area contributed by atoms with E-state index in [-0.39, 0.29) is 5.56 Å². The molecule has 3 nitrogen and oxygen atoms in total. The largest absolute Gasteiger partial charge is 0.341 e. The Morgan fingerprint density at radius 1 is 1.23 bits per heavy atom. The summed E-state index contributed by atoms with van der Waals surface area (Å²) in [4.78, 5) is 13.2.